The van der Waals surface area contributed by atoms with Crippen LogP contribution < -0.4 is 4.72 Å². The number of likely N-dealkylation sites (tertiary alicyclic amines) is 1. The molecule has 9 heteroatoms. The van der Waals surface area contributed by atoms with E-state index in [-0.39, 0.29) is 30.2 Å². The second-order valence-electron chi connectivity index (χ2n) is 10.1. The normalized spacial score (nSPS) is 23.9. The molecule has 0 bridgehead atoms. The smallest absolute Gasteiger partial charge is 0.254 e. The Kier molecular flexibility index (Phi) is 7.74. The molecule has 2 saturated heterocycles. The lowest BCUT2D eigenvalue weighted by Gasteiger charge is -2.38. The number of carbonyl (C=O) groups is 1. The molecule has 0 spiro atoms. The molecule has 3 rings (SSSR count). The van der Waals surface area contributed by atoms with Crippen LogP contribution in [-0.2, 0) is 25.6 Å². The first-order valence-corrected chi connectivity index (χ1v) is 12.6. The highest BCUT2D eigenvalue weighted by Crippen LogP contribution is 2.39. The van der Waals surface area contributed by atoms with Crippen LogP contribution in [0, 0.1) is 12.8 Å². The summed E-state index contributed by atoms with van der Waals surface area (Å²) in [6, 6.07) is 3.05. The number of amides is 1. The van der Waals surface area contributed by atoms with Gasteiger partial charge >= 0.3 is 0 Å². The molecule has 3 atom stereocenters. The SMILES string of the molecule is Cc1cc(O)c(C(N[S@@+]([O-])C(C)(C)C)C2CCN(C(=O)[C@H]3COC(C)(C)O3)CC2)cc1Cl. The van der Waals surface area contributed by atoms with Gasteiger partial charge in [-0.3, -0.25) is 4.79 Å². The average molecular weight is 487 g/mol. The Labute approximate surface area is 199 Å². The molecule has 7 nitrogen and oxygen atoms in total. The molecule has 2 aliphatic heterocycles. The molecule has 0 aromatic heterocycles. The second-order valence-corrected chi connectivity index (χ2v) is 12.5. The number of benzene rings is 1. The molecule has 180 valence electrons. The first-order chi connectivity index (χ1) is 14.8. The molecule has 2 aliphatic rings. The van der Waals surface area contributed by atoms with E-state index >= 15 is 0 Å². The van der Waals surface area contributed by atoms with Crippen LogP contribution >= 0.6 is 11.6 Å². The Balaban J connectivity index is 1.75. The maximum absolute atomic E-state index is 13.0. The van der Waals surface area contributed by atoms with E-state index in [0.29, 0.717) is 36.5 Å². The van der Waals surface area contributed by atoms with Gasteiger partial charge in [0.25, 0.3) is 5.91 Å². The van der Waals surface area contributed by atoms with Gasteiger partial charge < -0.3 is 24.0 Å². The van der Waals surface area contributed by atoms with Gasteiger partial charge in [-0.05, 0) is 78.0 Å². The maximum Gasteiger partial charge on any atom is 0.254 e. The van der Waals surface area contributed by atoms with Gasteiger partial charge in [0, 0.05) is 35.0 Å². The van der Waals surface area contributed by atoms with Gasteiger partial charge in [0.15, 0.2) is 11.9 Å². The zero-order valence-corrected chi connectivity index (χ0v) is 21.3. The van der Waals surface area contributed by atoms with Gasteiger partial charge in [0.05, 0.1) is 12.6 Å². The maximum atomic E-state index is 13.0. The fourth-order valence-corrected chi connectivity index (χ4v) is 5.18. The molecule has 1 unspecified atom stereocenters. The van der Waals surface area contributed by atoms with Crippen LogP contribution in [-0.4, -0.2) is 56.8 Å². The molecule has 0 radical (unpaired) electrons. The molecule has 32 heavy (non-hydrogen) atoms. The van der Waals surface area contributed by atoms with Crippen LogP contribution in [0.3, 0.4) is 0 Å². The highest BCUT2D eigenvalue weighted by Gasteiger charge is 2.41. The van der Waals surface area contributed by atoms with Gasteiger partial charge in [-0.25, -0.2) is 0 Å². The lowest BCUT2D eigenvalue weighted by atomic mass is 9.85. The van der Waals surface area contributed by atoms with Gasteiger partial charge in [-0.1, -0.05) is 11.6 Å². The summed E-state index contributed by atoms with van der Waals surface area (Å²) in [4.78, 5) is 14.7. The van der Waals surface area contributed by atoms with Crippen LogP contribution in [0.5, 0.6) is 5.75 Å². The number of nitrogens with one attached hydrogen (secondary N) is 1. The summed E-state index contributed by atoms with van der Waals surface area (Å²) in [5.41, 5.74) is 1.42. The van der Waals surface area contributed by atoms with Crippen LogP contribution in [0.25, 0.3) is 0 Å². The van der Waals surface area contributed by atoms with Crippen molar-refractivity contribution in [1.82, 2.24) is 9.62 Å². The Morgan fingerprint density at radius 3 is 2.50 bits per heavy atom. The molecule has 2 heterocycles. The third-order valence-corrected chi connectivity index (χ3v) is 8.03. The Hall–Kier alpha value is -1.03. The highest BCUT2D eigenvalue weighted by atomic mass is 35.5. The number of piperidine rings is 1. The van der Waals surface area contributed by atoms with Gasteiger partial charge in [0.1, 0.15) is 10.5 Å². The third-order valence-electron chi connectivity index (χ3n) is 6.04. The minimum absolute atomic E-state index is 0.0574. The number of hydrogen-bond acceptors (Lipinski definition) is 6. The summed E-state index contributed by atoms with van der Waals surface area (Å²) in [6.07, 6.45) is 0.822. The number of hydrogen-bond donors (Lipinski definition) is 2. The lowest BCUT2D eigenvalue weighted by molar-refractivity contribution is -0.161. The number of nitrogens with zero attached hydrogens (tertiary/aromatic N) is 1. The van der Waals surface area contributed by atoms with E-state index in [0.717, 1.165) is 5.56 Å². The molecule has 1 aromatic carbocycles. The molecular formula is C23H35ClN2O5S. The van der Waals surface area contributed by atoms with Crippen LogP contribution in [0.1, 0.15) is 64.6 Å². The van der Waals surface area contributed by atoms with E-state index < -0.39 is 28.0 Å². The Morgan fingerprint density at radius 1 is 1.34 bits per heavy atom. The third kappa shape index (κ3) is 5.90. The number of ether oxygens (including phenoxy) is 2. The predicted octanol–water partition coefficient (Wildman–Crippen LogP) is 3.84. The number of rotatable bonds is 5. The number of phenols is 1. The van der Waals surface area contributed by atoms with Crippen molar-refractivity contribution in [3.8, 4) is 5.75 Å². The second kappa shape index (κ2) is 9.68. The molecule has 1 aromatic rings. The van der Waals surface area contributed by atoms with E-state index in [1.807, 2.05) is 32.6 Å². The van der Waals surface area contributed by atoms with Crippen LogP contribution in [0.4, 0.5) is 0 Å². The zero-order valence-electron chi connectivity index (χ0n) is 19.7. The van der Waals surface area contributed by atoms with Crippen molar-refractivity contribution in [2.24, 2.45) is 5.92 Å². The van der Waals surface area contributed by atoms with Gasteiger partial charge in [-0.15, -0.1) is 4.72 Å². The summed E-state index contributed by atoms with van der Waals surface area (Å²) in [6.45, 7) is 12.5. The largest absolute Gasteiger partial charge is 0.598 e. The van der Waals surface area contributed by atoms with Crippen LogP contribution in [0.2, 0.25) is 5.02 Å². The number of carbonyl (C=O) groups excluding carboxylic acids is 1. The number of phenolic OH excluding ortho intramolecular Hbond substituents is 1. The van der Waals surface area contributed by atoms with E-state index in [1.165, 1.54) is 0 Å². The first-order valence-electron chi connectivity index (χ1n) is 11.1. The zero-order chi connectivity index (χ0) is 23.8. The molecule has 0 aliphatic carbocycles. The molecule has 2 fully saturated rings. The van der Waals surface area contributed by atoms with Crippen molar-refractivity contribution >= 4 is 28.9 Å². The highest BCUT2D eigenvalue weighted by molar-refractivity contribution is 7.90. The summed E-state index contributed by atoms with van der Waals surface area (Å²) >= 11 is 5.02. The Bertz CT molecular complexity index is 836. The van der Waals surface area contributed by atoms with Gasteiger partial charge in [0.2, 0.25) is 0 Å². The molecule has 0 saturated carbocycles. The monoisotopic (exact) mass is 486 g/mol. The fraction of sp³-hybridized carbons (Fsp3) is 0.696. The van der Waals surface area contributed by atoms with Crippen molar-refractivity contribution in [2.75, 3.05) is 19.7 Å². The van der Waals surface area contributed by atoms with Crippen molar-refractivity contribution in [3.05, 3.63) is 28.3 Å². The molecule has 2 N–H and O–H groups in total. The molecule has 1 amide bonds. The van der Waals surface area contributed by atoms with Crippen molar-refractivity contribution in [3.63, 3.8) is 0 Å². The van der Waals surface area contributed by atoms with E-state index in [1.54, 1.807) is 26.0 Å². The van der Waals surface area contributed by atoms with Crippen molar-refractivity contribution < 1.29 is 23.9 Å². The predicted molar refractivity (Wildman–Crippen MR) is 126 cm³/mol. The van der Waals surface area contributed by atoms with Crippen molar-refractivity contribution in [1.29, 1.82) is 0 Å². The summed E-state index contributed by atoms with van der Waals surface area (Å²) in [5, 5.41) is 11.2. The standard InChI is InChI=1S/C23H35ClN2O5S/c1-14-11-18(27)16(12-17(14)24)20(25-32(29)22(2,3)4)15-7-9-26(10-8-15)21(28)19-13-30-23(5,6)31-19/h11-12,15,19-20,25,27H,7-10,13H2,1-6H3/t19-,20?,32+/m1/s1. The van der Waals surface area contributed by atoms with E-state index in [2.05, 4.69) is 4.72 Å². The summed E-state index contributed by atoms with van der Waals surface area (Å²) in [5.74, 6) is -0.592. The first kappa shape index (κ1) is 25.6. The Morgan fingerprint density at radius 2 is 1.97 bits per heavy atom. The molecular weight excluding hydrogens is 452 g/mol. The summed E-state index contributed by atoms with van der Waals surface area (Å²) < 4.78 is 27.0. The lowest BCUT2D eigenvalue weighted by Crippen LogP contribution is -2.48. The van der Waals surface area contributed by atoms with Crippen molar-refractivity contribution in [2.45, 2.75) is 77.1 Å². The fourth-order valence-electron chi connectivity index (χ4n) is 4.10. The summed E-state index contributed by atoms with van der Waals surface area (Å²) in [7, 11) is 0. The number of halogens is 1. The number of aromatic hydroxyl groups is 1. The van der Waals surface area contributed by atoms with E-state index in [9.17, 15) is 14.5 Å². The number of aryl methyl sites for hydroxylation is 1. The van der Waals surface area contributed by atoms with E-state index in [4.69, 9.17) is 21.1 Å². The minimum atomic E-state index is -1.34. The van der Waals surface area contributed by atoms with Crippen LogP contribution in [0.15, 0.2) is 12.1 Å². The average Bonchev–Trinajstić information content (AvgIpc) is 3.07. The van der Waals surface area contributed by atoms with Gasteiger partial charge in [-0.2, -0.15) is 0 Å². The minimum Gasteiger partial charge on any atom is -0.598 e. The topological polar surface area (TPSA) is 94.1 Å². The quantitative estimate of drug-likeness (QED) is 0.614.